The van der Waals surface area contributed by atoms with Crippen LogP contribution in [0.15, 0.2) is 35.0 Å². The van der Waals surface area contributed by atoms with E-state index < -0.39 is 0 Å². The summed E-state index contributed by atoms with van der Waals surface area (Å²) in [6, 6.07) is 5.89. The fourth-order valence-corrected chi connectivity index (χ4v) is 2.81. The summed E-state index contributed by atoms with van der Waals surface area (Å²) >= 11 is 0. The van der Waals surface area contributed by atoms with Crippen molar-refractivity contribution in [1.29, 1.82) is 0 Å². The Morgan fingerprint density at radius 2 is 2.10 bits per heavy atom. The molecule has 2 aliphatic rings. The zero-order valence-electron chi connectivity index (χ0n) is 11.7. The van der Waals surface area contributed by atoms with E-state index >= 15 is 0 Å². The van der Waals surface area contributed by atoms with E-state index in [-0.39, 0.29) is 0 Å². The maximum Gasteiger partial charge on any atom is 0.214 e. The Labute approximate surface area is 119 Å². The molecule has 2 N–H and O–H groups in total. The van der Waals surface area contributed by atoms with E-state index in [1.54, 1.807) is 7.11 Å². The third-order valence-electron chi connectivity index (χ3n) is 3.93. The largest absolute Gasteiger partial charge is 0.481 e. The van der Waals surface area contributed by atoms with Crippen LogP contribution in [-0.4, -0.2) is 37.4 Å². The van der Waals surface area contributed by atoms with E-state index in [2.05, 4.69) is 14.9 Å². The Morgan fingerprint density at radius 1 is 1.30 bits per heavy atom. The molecular formula is C15H20N4O. The lowest BCUT2D eigenvalue weighted by atomic mass is 9.92. The van der Waals surface area contributed by atoms with Gasteiger partial charge in [-0.25, -0.2) is 0 Å². The quantitative estimate of drug-likeness (QED) is 0.908. The summed E-state index contributed by atoms with van der Waals surface area (Å²) in [5, 5.41) is 0. The molecule has 0 bridgehead atoms. The van der Waals surface area contributed by atoms with Crippen LogP contribution in [0.1, 0.15) is 12.8 Å². The molecule has 3 heterocycles. The van der Waals surface area contributed by atoms with Gasteiger partial charge in [-0.2, -0.15) is 4.98 Å². The second-order valence-corrected chi connectivity index (χ2v) is 5.26. The Hall–Kier alpha value is -2.04. The summed E-state index contributed by atoms with van der Waals surface area (Å²) in [6.45, 7) is 2.67. The molecule has 1 saturated heterocycles. The van der Waals surface area contributed by atoms with Crippen LogP contribution in [0, 0.1) is 5.92 Å². The lowest BCUT2D eigenvalue weighted by Crippen LogP contribution is -2.36. The van der Waals surface area contributed by atoms with Crippen LogP contribution in [0.5, 0.6) is 5.88 Å². The zero-order valence-corrected chi connectivity index (χ0v) is 11.7. The van der Waals surface area contributed by atoms with Crippen LogP contribution in [0.2, 0.25) is 0 Å². The molecule has 1 aromatic heterocycles. The predicted octanol–water partition coefficient (Wildman–Crippen LogP) is 1.60. The first-order valence-electron chi connectivity index (χ1n) is 7.02. The molecule has 1 aromatic rings. The summed E-state index contributed by atoms with van der Waals surface area (Å²) in [5.41, 5.74) is 7.86. The molecule has 0 amide bonds. The van der Waals surface area contributed by atoms with Crippen molar-refractivity contribution in [2.45, 2.75) is 12.8 Å². The lowest BCUT2D eigenvalue weighted by molar-refractivity contribution is 0.397. The van der Waals surface area contributed by atoms with Crippen molar-refractivity contribution < 1.29 is 4.74 Å². The number of nitrogens with zero attached hydrogens (tertiary/aromatic N) is 3. The number of aromatic nitrogens is 1. The minimum atomic E-state index is 0.540. The van der Waals surface area contributed by atoms with Crippen molar-refractivity contribution in [3.05, 3.63) is 30.0 Å². The fraction of sp³-hybridized carbons (Fsp3) is 0.467. The minimum absolute atomic E-state index is 0.540. The maximum absolute atomic E-state index is 5.79. The third-order valence-corrected chi connectivity index (χ3v) is 3.93. The summed E-state index contributed by atoms with van der Waals surface area (Å²) in [5.74, 6) is 2.20. The van der Waals surface area contributed by atoms with Gasteiger partial charge in [-0.3, -0.25) is 4.99 Å². The second-order valence-electron chi connectivity index (χ2n) is 5.26. The first-order valence-corrected chi connectivity index (χ1v) is 7.02. The molecule has 0 saturated carbocycles. The normalized spacial score (nSPS) is 19.8. The van der Waals surface area contributed by atoms with Gasteiger partial charge >= 0.3 is 0 Å². The second kappa shape index (κ2) is 5.53. The van der Waals surface area contributed by atoms with Crippen molar-refractivity contribution in [2.75, 3.05) is 31.6 Å². The van der Waals surface area contributed by atoms with Gasteiger partial charge in [0.15, 0.2) is 0 Å². The molecule has 0 spiro atoms. The highest BCUT2D eigenvalue weighted by Gasteiger charge is 2.24. The minimum Gasteiger partial charge on any atom is -0.481 e. The third kappa shape index (κ3) is 2.61. The fourth-order valence-electron chi connectivity index (χ4n) is 2.81. The van der Waals surface area contributed by atoms with Crippen molar-refractivity contribution in [3.63, 3.8) is 0 Å². The highest BCUT2D eigenvalue weighted by atomic mass is 16.5. The number of piperidine rings is 1. The van der Waals surface area contributed by atoms with E-state index in [1.165, 1.54) is 5.71 Å². The van der Waals surface area contributed by atoms with E-state index in [9.17, 15) is 0 Å². The zero-order chi connectivity index (χ0) is 13.9. The van der Waals surface area contributed by atoms with Crippen molar-refractivity contribution in [2.24, 2.45) is 16.6 Å². The van der Waals surface area contributed by atoms with Gasteiger partial charge in [-0.15, -0.1) is 0 Å². The van der Waals surface area contributed by atoms with E-state index in [4.69, 9.17) is 10.5 Å². The Bertz CT molecular complexity index is 545. The molecule has 0 aliphatic carbocycles. The first-order chi connectivity index (χ1) is 9.76. The summed E-state index contributed by atoms with van der Waals surface area (Å²) in [6.07, 6.45) is 4.24. The van der Waals surface area contributed by atoms with Gasteiger partial charge in [0, 0.05) is 36.5 Å². The standard InChI is InChI=1S/C15H20N4O/c1-20-15-4-2-3-14(18-15)19-7-5-11(6-8-19)13-9-12(16)10-17-13/h2-4,9,11H,5-8,10,16H2,1H3. The van der Waals surface area contributed by atoms with Crippen LogP contribution in [0.3, 0.4) is 0 Å². The average Bonchev–Trinajstić information content (AvgIpc) is 2.94. The molecule has 106 valence electrons. The van der Waals surface area contributed by atoms with Crippen molar-refractivity contribution >= 4 is 11.5 Å². The van der Waals surface area contributed by atoms with Gasteiger partial charge in [0.25, 0.3) is 0 Å². The van der Waals surface area contributed by atoms with E-state index in [0.717, 1.165) is 37.4 Å². The Kier molecular flexibility index (Phi) is 3.58. The number of pyridine rings is 1. The van der Waals surface area contributed by atoms with Crippen LogP contribution >= 0.6 is 0 Å². The van der Waals surface area contributed by atoms with Gasteiger partial charge in [0.05, 0.1) is 13.7 Å². The number of hydrogen-bond donors (Lipinski definition) is 1. The van der Waals surface area contributed by atoms with E-state index in [0.29, 0.717) is 18.3 Å². The van der Waals surface area contributed by atoms with Gasteiger partial charge in [0.1, 0.15) is 5.82 Å². The van der Waals surface area contributed by atoms with Crippen LogP contribution < -0.4 is 15.4 Å². The molecule has 1 fully saturated rings. The SMILES string of the molecule is COc1cccc(N2CCC(C3=NCC(N)=C3)CC2)n1. The number of anilines is 1. The number of rotatable bonds is 3. The highest BCUT2D eigenvalue weighted by Crippen LogP contribution is 2.25. The van der Waals surface area contributed by atoms with Crippen LogP contribution in [-0.2, 0) is 0 Å². The smallest absolute Gasteiger partial charge is 0.214 e. The molecule has 0 unspecified atom stereocenters. The molecule has 5 nitrogen and oxygen atoms in total. The molecule has 5 heteroatoms. The number of nitrogens with two attached hydrogens (primary N) is 1. The average molecular weight is 272 g/mol. The number of hydrogen-bond acceptors (Lipinski definition) is 5. The molecule has 20 heavy (non-hydrogen) atoms. The van der Waals surface area contributed by atoms with E-state index in [1.807, 2.05) is 24.3 Å². The molecule has 0 radical (unpaired) electrons. The topological polar surface area (TPSA) is 63.7 Å². The Balaban J connectivity index is 1.63. The first kappa shape index (κ1) is 13.0. The Morgan fingerprint density at radius 3 is 2.75 bits per heavy atom. The predicted molar refractivity (Wildman–Crippen MR) is 80.3 cm³/mol. The summed E-state index contributed by atoms with van der Waals surface area (Å²) < 4.78 is 5.18. The van der Waals surface area contributed by atoms with Crippen LogP contribution in [0.25, 0.3) is 0 Å². The lowest BCUT2D eigenvalue weighted by Gasteiger charge is -2.32. The maximum atomic E-state index is 5.79. The van der Waals surface area contributed by atoms with Gasteiger partial charge in [-0.05, 0) is 25.0 Å². The van der Waals surface area contributed by atoms with Gasteiger partial charge < -0.3 is 15.4 Å². The molecule has 3 rings (SSSR count). The monoisotopic (exact) mass is 272 g/mol. The molecule has 0 atom stereocenters. The number of aliphatic imine (C=N–C) groups is 1. The molecule has 2 aliphatic heterocycles. The molecular weight excluding hydrogens is 252 g/mol. The number of methoxy groups -OCH3 is 1. The summed E-state index contributed by atoms with van der Waals surface area (Å²) in [4.78, 5) is 11.3. The molecule has 0 aromatic carbocycles. The van der Waals surface area contributed by atoms with Crippen LogP contribution in [0.4, 0.5) is 5.82 Å². The highest BCUT2D eigenvalue weighted by molar-refractivity contribution is 5.99. The van der Waals surface area contributed by atoms with Gasteiger partial charge in [-0.1, -0.05) is 6.07 Å². The van der Waals surface area contributed by atoms with Crippen molar-refractivity contribution in [1.82, 2.24) is 4.98 Å². The van der Waals surface area contributed by atoms with Crippen molar-refractivity contribution in [3.8, 4) is 5.88 Å². The number of ether oxygens (including phenoxy) is 1. The number of allylic oxidation sites excluding steroid dienone is 1. The van der Waals surface area contributed by atoms with Gasteiger partial charge in [0.2, 0.25) is 5.88 Å². The summed E-state index contributed by atoms with van der Waals surface area (Å²) in [7, 11) is 1.65.